The van der Waals surface area contributed by atoms with Gasteiger partial charge in [0.25, 0.3) is 0 Å². The van der Waals surface area contributed by atoms with Crippen LogP contribution in [0.5, 0.6) is 0 Å². The summed E-state index contributed by atoms with van der Waals surface area (Å²) < 4.78 is 4.98. The molecule has 3 N–H and O–H groups in total. The van der Waals surface area contributed by atoms with E-state index in [0.717, 1.165) is 0 Å². The Balaban J connectivity index is 2.42. The topological polar surface area (TPSA) is 75.5 Å². The number of quaternary nitrogens is 1. The van der Waals surface area contributed by atoms with Gasteiger partial charge in [0.15, 0.2) is 6.10 Å². The maximum atomic E-state index is 11.4. The van der Waals surface area contributed by atoms with E-state index in [1.54, 1.807) is 13.8 Å². The average Bonchev–Trinajstić information content (AvgIpc) is 2.49. The van der Waals surface area contributed by atoms with Crippen LogP contribution in [0.4, 0.5) is 0 Å². The molecule has 0 saturated heterocycles. The van der Waals surface area contributed by atoms with Crippen LogP contribution in [0.25, 0.3) is 0 Å². The van der Waals surface area contributed by atoms with E-state index in [1.807, 2.05) is 0 Å². The Morgan fingerprint density at radius 1 is 1.79 bits per heavy atom. The number of hydrogen-bond donors (Lipinski definition) is 1. The lowest BCUT2D eigenvalue weighted by molar-refractivity contribution is -0.426. The summed E-state index contributed by atoms with van der Waals surface area (Å²) in [5.74, 6) is -0.383. The molecule has 1 rings (SSSR count). The zero-order valence-corrected chi connectivity index (χ0v) is 8.95. The van der Waals surface area contributed by atoms with E-state index >= 15 is 0 Å². The van der Waals surface area contributed by atoms with E-state index in [4.69, 9.17) is 21.2 Å². The van der Waals surface area contributed by atoms with E-state index in [1.165, 1.54) is 0 Å². The number of carbonyl (C=O) groups excluding carboxylic acids is 1. The van der Waals surface area contributed by atoms with Crippen molar-refractivity contribution in [3.05, 3.63) is 0 Å². The summed E-state index contributed by atoms with van der Waals surface area (Å²) in [6.07, 6.45) is -0.124. The second-order valence-corrected chi connectivity index (χ2v) is 3.84. The maximum absolute atomic E-state index is 11.4. The van der Waals surface area contributed by atoms with Crippen molar-refractivity contribution >= 4 is 22.7 Å². The molecule has 1 aliphatic rings. The van der Waals surface area contributed by atoms with Gasteiger partial charge in [0, 0.05) is 0 Å². The van der Waals surface area contributed by atoms with Gasteiger partial charge in [0.1, 0.15) is 5.17 Å². The van der Waals surface area contributed by atoms with Crippen LogP contribution in [0.1, 0.15) is 20.3 Å². The molecule has 14 heavy (non-hydrogen) atoms. The van der Waals surface area contributed by atoms with E-state index in [0.29, 0.717) is 11.6 Å². The number of carbonyl (C=O) groups is 1. The van der Waals surface area contributed by atoms with Crippen molar-refractivity contribution in [3.8, 4) is 0 Å². The predicted molar refractivity (Wildman–Crippen MR) is 50.7 cm³/mol. The minimum atomic E-state index is -0.586. The first-order valence-corrected chi connectivity index (χ1v) is 4.80. The highest BCUT2D eigenvalue weighted by molar-refractivity contribution is 6.65. The Bertz CT molecular complexity index is 255. The molecule has 0 aromatic heterocycles. The van der Waals surface area contributed by atoms with E-state index in [2.05, 4.69) is 10.9 Å². The smallest absolute Gasteiger partial charge is 0.369 e. The second-order valence-electron chi connectivity index (χ2n) is 3.41. The second kappa shape index (κ2) is 4.61. The zero-order chi connectivity index (χ0) is 10.7. The molecule has 80 valence electrons. The molecular weight excluding hydrogens is 208 g/mol. The van der Waals surface area contributed by atoms with Gasteiger partial charge in [-0.3, -0.25) is 0 Å². The molecule has 0 saturated carbocycles. The molecule has 0 spiro atoms. The minimum absolute atomic E-state index is 0.149. The number of nitrogens with zero attached hydrogens (tertiary/aromatic N) is 1. The Hall–Kier alpha value is -0.810. The van der Waals surface area contributed by atoms with Crippen molar-refractivity contribution in [3.63, 3.8) is 0 Å². The first kappa shape index (κ1) is 11.3. The number of halogens is 1. The van der Waals surface area contributed by atoms with Crippen LogP contribution in [-0.2, 0) is 14.4 Å². The van der Waals surface area contributed by atoms with Crippen molar-refractivity contribution in [2.75, 3.05) is 0 Å². The minimum Gasteiger partial charge on any atom is -0.458 e. The molecule has 0 radical (unpaired) electrons. The van der Waals surface area contributed by atoms with Gasteiger partial charge in [-0.15, -0.1) is 0 Å². The highest BCUT2D eigenvalue weighted by Crippen LogP contribution is 2.15. The van der Waals surface area contributed by atoms with Crippen LogP contribution >= 0.6 is 11.6 Å². The molecule has 0 aliphatic carbocycles. The molecule has 0 aromatic carbocycles. The van der Waals surface area contributed by atoms with Gasteiger partial charge in [-0.2, -0.15) is 0 Å². The summed E-state index contributed by atoms with van der Waals surface area (Å²) in [6, 6.07) is -0.586. The summed E-state index contributed by atoms with van der Waals surface area (Å²) in [4.78, 5) is 16.3. The first-order chi connectivity index (χ1) is 6.50. The Morgan fingerprint density at radius 3 is 2.86 bits per heavy atom. The van der Waals surface area contributed by atoms with Crippen LogP contribution in [0.3, 0.4) is 0 Å². The summed E-state index contributed by atoms with van der Waals surface area (Å²) in [5.41, 5.74) is 3.68. The number of oxime groups is 1. The SMILES string of the molecule is CC(C)OC(=O)C([NH3+])C1CC(Cl)=NO1. The molecule has 0 fully saturated rings. The van der Waals surface area contributed by atoms with Gasteiger partial charge in [-0.1, -0.05) is 16.8 Å². The van der Waals surface area contributed by atoms with Crippen LogP contribution in [0.15, 0.2) is 5.16 Å². The van der Waals surface area contributed by atoms with Crippen LogP contribution in [-0.4, -0.2) is 29.4 Å². The largest absolute Gasteiger partial charge is 0.458 e. The standard InChI is InChI=1S/C8H13ClN2O3/c1-4(2)13-8(12)7(10)5-3-6(9)11-14-5/h4-5,7H,3,10H2,1-2H3/p+1. The highest BCUT2D eigenvalue weighted by atomic mass is 35.5. The van der Waals surface area contributed by atoms with Crippen molar-refractivity contribution in [1.29, 1.82) is 0 Å². The fourth-order valence-corrected chi connectivity index (χ4v) is 1.24. The molecule has 1 heterocycles. The van der Waals surface area contributed by atoms with Crippen LogP contribution in [0, 0.1) is 0 Å². The molecule has 6 heteroatoms. The van der Waals surface area contributed by atoms with Crippen LogP contribution < -0.4 is 5.73 Å². The summed E-state index contributed by atoms with van der Waals surface area (Å²) in [6.45, 7) is 3.56. The zero-order valence-electron chi connectivity index (χ0n) is 8.20. The van der Waals surface area contributed by atoms with E-state index < -0.39 is 12.1 Å². The lowest BCUT2D eigenvalue weighted by Crippen LogP contribution is -2.70. The van der Waals surface area contributed by atoms with Crippen molar-refractivity contribution in [1.82, 2.24) is 0 Å². The van der Waals surface area contributed by atoms with E-state index in [9.17, 15) is 4.79 Å². The average molecular weight is 222 g/mol. The fourth-order valence-electron chi connectivity index (χ4n) is 1.05. The quantitative estimate of drug-likeness (QED) is 0.676. The Morgan fingerprint density at radius 2 is 2.43 bits per heavy atom. The van der Waals surface area contributed by atoms with Crippen LogP contribution in [0.2, 0.25) is 0 Å². The molecular formula is C8H14ClN2O3+. The lowest BCUT2D eigenvalue weighted by Gasteiger charge is -2.14. The number of esters is 1. The molecule has 2 unspecified atom stereocenters. The third-order valence-corrected chi connectivity index (χ3v) is 1.98. The molecule has 1 aliphatic heterocycles. The van der Waals surface area contributed by atoms with Gasteiger partial charge in [0.2, 0.25) is 6.04 Å². The molecule has 2 atom stereocenters. The number of hydrogen-bond acceptors (Lipinski definition) is 4. The highest BCUT2D eigenvalue weighted by Gasteiger charge is 2.36. The third-order valence-electron chi connectivity index (χ3n) is 1.76. The first-order valence-electron chi connectivity index (χ1n) is 4.42. The molecule has 0 amide bonds. The monoisotopic (exact) mass is 221 g/mol. The van der Waals surface area contributed by atoms with Crippen molar-refractivity contribution < 1.29 is 20.1 Å². The predicted octanol–water partition coefficient (Wildman–Crippen LogP) is -0.110. The van der Waals surface area contributed by atoms with Gasteiger partial charge in [0.05, 0.1) is 12.5 Å². The van der Waals surface area contributed by atoms with E-state index in [-0.39, 0.29) is 12.1 Å². The fraction of sp³-hybridized carbons (Fsp3) is 0.750. The molecule has 0 bridgehead atoms. The lowest BCUT2D eigenvalue weighted by atomic mass is 10.1. The third kappa shape index (κ3) is 2.85. The van der Waals surface area contributed by atoms with Gasteiger partial charge < -0.3 is 15.3 Å². The summed E-state index contributed by atoms with van der Waals surface area (Å²) in [7, 11) is 0. The Kier molecular flexibility index (Phi) is 3.71. The van der Waals surface area contributed by atoms with Gasteiger partial charge in [-0.25, -0.2) is 4.79 Å². The summed E-state index contributed by atoms with van der Waals surface area (Å²) >= 11 is 5.61. The van der Waals surface area contributed by atoms with Crippen molar-refractivity contribution in [2.24, 2.45) is 5.16 Å². The Labute approximate surface area is 87.2 Å². The van der Waals surface area contributed by atoms with Crippen molar-refractivity contribution in [2.45, 2.75) is 38.5 Å². The number of ether oxygens (including phenoxy) is 1. The number of rotatable bonds is 3. The van der Waals surface area contributed by atoms with Gasteiger partial charge >= 0.3 is 5.97 Å². The summed E-state index contributed by atoms with van der Waals surface area (Å²) in [5, 5.41) is 3.90. The molecule has 0 aromatic rings. The maximum Gasteiger partial charge on any atom is 0.369 e. The van der Waals surface area contributed by atoms with Gasteiger partial charge in [-0.05, 0) is 13.8 Å². The normalized spacial score (nSPS) is 22.9. The molecule has 5 nitrogen and oxygen atoms in total.